The van der Waals surface area contributed by atoms with Crippen molar-refractivity contribution >= 4 is 50.5 Å². The minimum atomic E-state index is 0.336. The van der Waals surface area contributed by atoms with E-state index in [2.05, 4.69) is 26.7 Å². The number of thiocarbonyl (C=S) groups is 1. The average Bonchev–Trinajstić information content (AvgIpc) is 2.13. The molecule has 0 heterocycles. The highest BCUT2D eigenvalue weighted by molar-refractivity contribution is 9.10. The Morgan fingerprint density at radius 3 is 2.85 bits per heavy atom. The molecule has 1 aromatic rings. The molecule has 1 rings (SSSR count). The van der Waals surface area contributed by atoms with E-state index in [4.69, 9.17) is 29.7 Å². The van der Waals surface area contributed by atoms with Gasteiger partial charge in [0.15, 0.2) is 5.11 Å². The molecule has 13 heavy (non-hydrogen) atoms. The maximum atomic E-state index is 5.86. The summed E-state index contributed by atoms with van der Waals surface area (Å²) < 4.78 is 0.759. The van der Waals surface area contributed by atoms with Crippen molar-refractivity contribution < 1.29 is 0 Å². The van der Waals surface area contributed by atoms with Crippen LogP contribution in [0.4, 0.5) is 5.69 Å². The Morgan fingerprint density at radius 2 is 2.23 bits per heavy atom. The molecule has 0 bridgehead atoms. The Hall–Kier alpha value is -0.360. The molecule has 0 aromatic heterocycles. The lowest BCUT2D eigenvalue weighted by Crippen LogP contribution is -2.34. The quantitative estimate of drug-likeness (QED) is 0.420. The van der Waals surface area contributed by atoms with Crippen LogP contribution < -0.4 is 16.6 Å². The molecule has 0 aliphatic rings. The summed E-state index contributed by atoms with van der Waals surface area (Å²) in [5, 5.41) is 3.82. The Bertz CT molecular complexity index is 332. The van der Waals surface area contributed by atoms with E-state index < -0.39 is 0 Å². The smallest absolute Gasteiger partial charge is 0.185 e. The van der Waals surface area contributed by atoms with Gasteiger partial charge in [0, 0.05) is 0 Å². The van der Waals surface area contributed by atoms with Gasteiger partial charge in [-0.3, -0.25) is 0 Å². The largest absolute Gasteiger partial charge is 0.331 e. The zero-order chi connectivity index (χ0) is 9.84. The molecule has 0 fully saturated rings. The molecule has 1 aromatic carbocycles. The van der Waals surface area contributed by atoms with Crippen LogP contribution in [0.25, 0.3) is 0 Å². The zero-order valence-corrected chi connectivity index (χ0v) is 9.63. The predicted octanol–water partition coefficient (Wildman–Crippen LogP) is 2.26. The first-order valence-corrected chi connectivity index (χ1v) is 4.94. The van der Waals surface area contributed by atoms with E-state index in [0.717, 1.165) is 10.2 Å². The van der Waals surface area contributed by atoms with Crippen LogP contribution in [-0.4, -0.2) is 5.11 Å². The van der Waals surface area contributed by atoms with E-state index >= 15 is 0 Å². The average molecular weight is 281 g/mol. The van der Waals surface area contributed by atoms with Crippen LogP contribution in [0.15, 0.2) is 22.7 Å². The highest BCUT2D eigenvalue weighted by atomic mass is 79.9. The first kappa shape index (κ1) is 10.7. The van der Waals surface area contributed by atoms with Gasteiger partial charge in [-0.2, -0.15) is 0 Å². The van der Waals surface area contributed by atoms with Crippen molar-refractivity contribution in [2.24, 2.45) is 5.84 Å². The highest BCUT2D eigenvalue weighted by Crippen LogP contribution is 2.29. The molecule has 0 saturated carbocycles. The number of anilines is 1. The first-order valence-electron chi connectivity index (χ1n) is 3.36. The van der Waals surface area contributed by atoms with Crippen molar-refractivity contribution in [3.63, 3.8) is 0 Å². The number of benzene rings is 1. The second kappa shape index (κ2) is 4.76. The molecule has 0 amide bonds. The second-order valence-corrected chi connectivity index (χ2v) is 3.81. The lowest BCUT2D eigenvalue weighted by molar-refractivity contribution is 1.04. The SMILES string of the molecule is NNC(=S)Nc1cccc(Cl)c1Br. The number of nitrogens with one attached hydrogen (secondary N) is 2. The van der Waals surface area contributed by atoms with Crippen LogP contribution >= 0.6 is 39.7 Å². The van der Waals surface area contributed by atoms with Crippen molar-refractivity contribution in [1.29, 1.82) is 0 Å². The van der Waals surface area contributed by atoms with E-state index in [1.54, 1.807) is 6.07 Å². The van der Waals surface area contributed by atoms with Gasteiger partial charge in [-0.25, -0.2) is 5.84 Å². The minimum absolute atomic E-state index is 0.336. The molecule has 0 saturated heterocycles. The Morgan fingerprint density at radius 1 is 1.54 bits per heavy atom. The number of hydrogen-bond donors (Lipinski definition) is 3. The lowest BCUT2D eigenvalue weighted by Gasteiger charge is -2.09. The predicted molar refractivity (Wildman–Crippen MR) is 62.7 cm³/mol. The van der Waals surface area contributed by atoms with Gasteiger partial charge in [-0.1, -0.05) is 17.7 Å². The lowest BCUT2D eigenvalue weighted by atomic mass is 10.3. The van der Waals surface area contributed by atoms with Crippen LogP contribution in [0.1, 0.15) is 0 Å². The van der Waals surface area contributed by atoms with E-state index in [9.17, 15) is 0 Å². The minimum Gasteiger partial charge on any atom is -0.331 e. The normalized spacial score (nSPS) is 9.46. The fraction of sp³-hybridized carbons (Fsp3) is 0. The Kier molecular flexibility index (Phi) is 3.92. The van der Waals surface area contributed by atoms with Gasteiger partial charge in [0.05, 0.1) is 15.2 Å². The van der Waals surface area contributed by atoms with Gasteiger partial charge in [0.2, 0.25) is 0 Å². The molecule has 6 heteroatoms. The Balaban J connectivity index is 2.89. The van der Waals surface area contributed by atoms with Crippen LogP contribution in [-0.2, 0) is 0 Å². The number of nitrogens with two attached hydrogens (primary N) is 1. The van der Waals surface area contributed by atoms with Crippen molar-refractivity contribution in [1.82, 2.24) is 5.43 Å². The van der Waals surface area contributed by atoms with Gasteiger partial charge >= 0.3 is 0 Å². The van der Waals surface area contributed by atoms with Crippen LogP contribution in [0.3, 0.4) is 0 Å². The van der Waals surface area contributed by atoms with Gasteiger partial charge in [-0.15, -0.1) is 0 Å². The molecule has 4 N–H and O–H groups in total. The molecule has 0 aliphatic carbocycles. The molecule has 3 nitrogen and oxygen atoms in total. The molecular formula is C7H7BrClN3S. The number of rotatable bonds is 1. The second-order valence-electron chi connectivity index (χ2n) is 2.20. The molecule has 0 spiro atoms. The van der Waals surface area contributed by atoms with Crippen molar-refractivity contribution in [3.8, 4) is 0 Å². The van der Waals surface area contributed by atoms with Gasteiger partial charge in [0.1, 0.15) is 0 Å². The van der Waals surface area contributed by atoms with E-state index in [1.807, 2.05) is 12.1 Å². The maximum Gasteiger partial charge on any atom is 0.185 e. The number of hydrogen-bond acceptors (Lipinski definition) is 2. The first-order chi connectivity index (χ1) is 6.15. The van der Waals surface area contributed by atoms with Gasteiger partial charge in [0.25, 0.3) is 0 Å². The molecule has 0 unspecified atom stereocenters. The molecule has 0 radical (unpaired) electrons. The highest BCUT2D eigenvalue weighted by Gasteiger charge is 2.03. The molecular weight excluding hydrogens is 274 g/mol. The molecule has 0 atom stereocenters. The van der Waals surface area contributed by atoms with Crippen LogP contribution in [0.2, 0.25) is 5.02 Å². The fourth-order valence-corrected chi connectivity index (χ4v) is 1.41. The summed E-state index contributed by atoms with van der Waals surface area (Å²) >= 11 is 14.0. The van der Waals surface area contributed by atoms with Gasteiger partial charge < -0.3 is 10.7 Å². The summed E-state index contributed by atoms with van der Waals surface area (Å²) in [5.74, 6) is 5.11. The topological polar surface area (TPSA) is 50.1 Å². The van der Waals surface area contributed by atoms with Gasteiger partial charge in [-0.05, 0) is 40.3 Å². The summed E-state index contributed by atoms with van der Waals surface area (Å²) in [6.45, 7) is 0. The third-order valence-electron chi connectivity index (χ3n) is 1.33. The summed E-state index contributed by atoms with van der Waals surface area (Å²) in [6, 6.07) is 5.42. The summed E-state index contributed by atoms with van der Waals surface area (Å²) in [7, 11) is 0. The summed E-state index contributed by atoms with van der Waals surface area (Å²) in [4.78, 5) is 0. The van der Waals surface area contributed by atoms with Crippen molar-refractivity contribution in [2.45, 2.75) is 0 Å². The fourth-order valence-electron chi connectivity index (χ4n) is 0.759. The summed E-state index contributed by atoms with van der Waals surface area (Å²) in [5.41, 5.74) is 3.09. The monoisotopic (exact) mass is 279 g/mol. The number of halogens is 2. The standard InChI is InChI=1S/C7H7BrClN3S/c8-6-4(9)2-1-3-5(6)11-7(13)12-10/h1-3H,10H2,(H2,11,12,13). The third-order valence-corrected chi connectivity index (χ3v) is 2.95. The van der Waals surface area contributed by atoms with E-state index in [1.165, 1.54) is 0 Å². The summed E-state index contributed by atoms with van der Waals surface area (Å²) in [6.07, 6.45) is 0. The van der Waals surface area contributed by atoms with Crippen molar-refractivity contribution in [3.05, 3.63) is 27.7 Å². The Labute approximate surface area is 94.7 Å². The number of hydrazine groups is 1. The van der Waals surface area contributed by atoms with E-state index in [-0.39, 0.29) is 0 Å². The molecule has 0 aliphatic heterocycles. The molecule has 70 valence electrons. The van der Waals surface area contributed by atoms with Crippen LogP contribution in [0, 0.1) is 0 Å². The zero-order valence-electron chi connectivity index (χ0n) is 6.47. The third kappa shape index (κ3) is 2.80. The maximum absolute atomic E-state index is 5.86. The van der Waals surface area contributed by atoms with Crippen LogP contribution in [0.5, 0.6) is 0 Å². The van der Waals surface area contributed by atoms with E-state index in [0.29, 0.717) is 10.1 Å². The van der Waals surface area contributed by atoms with Crippen molar-refractivity contribution in [2.75, 3.05) is 5.32 Å².